The molecule has 0 saturated heterocycles. The zero-order valence-corrected chi connectivity index (χ0v) is 25.4. The summed E-state index contributed by atoms with van der Waals surface area (Å²) in [5.41, 5.74) is 0.651. The van der Waals surface area contributed by atoms with Gasteiger partial charge in [0.25, 0.3) is 0 Å². The van der Waals surface area contributed by atoms with Crippen LogP contribution in [0.2, 0.25) is 0 Å². The number of carbonyl (C=O) groups is 3. The third-order valence-corrected chi connectivity index (χ3v) is 14.1. The van der Waals surface area contributed by atoms with E-state index in [2.05, 4.69) is 48.1 Å². The van der Waals surface area contributed by atoms with Crippen molar-refractivity contribution in [2.45, 2.75) is 112 Å². The number of ether oxygens (including phenoxy) is 1. The molecule has 0 heterocycles. The third-order valence-electron chi connectivity index (χ3n) is 14.1. The summed E-state index contributed by atoms with van der Waals surface area (Å²) in [5.74, 6) is -0.520. The van der Waals surface area contributed by atoms with Gasteiger partial charge in [0.1, 0.15) is 6.10 Å². The van der Waals surface area contributed by atoms with Crippen molar-refractivity contribution in [3.8, 4) is 0 Å². The molecule has 6 nitrogen and oxygen atoms in total. The molecule has 5 rings (SSSR count). The molecule has 10 atom stereocenters. The Hall–Kier alpha value is -2.11. The molecule has 0 aromatic rings. The van der Waals surface area contributed by atoms with E-state index in [9.17, 15) is 19.5 Å². The summed E-state index contributed by atoms with van der Waals surface area (Å²) in [7, 11) is 0. The second-order valence-electron chi connectivity index (χ2n) is 15.6. The van der Waals surface area contributed by atoms with Crippen LogP contribution in [-0.4, -0.2) is 34.2 Å². The lowest BCUT2D eigenvalue weighted by molar-refractivity contribution is -0.250. The second-order valence-corrected chi connectivity index (χ2v) is 15.6. The highest BCUT2D eigenvalue weighted by atomic mass is 16.5. The summed E-state index contributed by atoms with van der Waals surface area (Å²) in [6.07, 6.45) is 11.3. The SMILES string of the molecule is C=C(C)[C@@H]1CC[C@]2(C(=O)O)CC[C@]3(C)[C@H](CC[C@@H]4[C@@]5(C)CC[C@H](OC(=O)/C=C\C(=O)O)C(C)(C)[C@@H]5CC[C@]43C)[C@@H]12. The van der Waals surface area contributed by atoms with Crippen molar-refractivity contribution in [2.24, 2.45) is 56.7 Å². The molecule has 0 radical (unpaired) electrons. The van der Waals surface area contributed by atoms with Gasteiger partial charge in [0, 0.05) is 17.6 Å². The molecule has 5 aliphatic carbocycles. The van der Waals surface area contributed by atoms with Gasteiger partial charge in [0.15, 0.2) is 0 Å². The molecule has 0 bridgehead atoms. The van der Waals surface area contributed by atoms with Crippen molar-refractivity contribution in [2.75, 3.05) is 0 Å². The van der Waals surface area contributed by atoms with Crippen LogP contribution in [0, 0.1) is 56.7 Å². The molecule has 0 aromatic carbocycles. The van der Waals surface area contributed by atoms with Gasteiger partial charge in [-0.2, -0.15) is 0 Å². The number of allylic oxidation sites excluding steroid dienone is 1. The predicted octanol–water partition coefficient (Wildman–Crippen LogP) is 7.28. The number of rotatable bonds is 5. The number of fused-ring (bicyclic) bond motifs is 7. The number of hydrogen-bond acceptors (Lipinski definition) is 4. The number of carbonyl (C=O) groups excluding carboxylic acids is 1. The van der Waals surface area contributed by atoms with E-state index in [-0.39, 0.29) is 33.7 Å². The van der Waals surface area contributed by atoms with Crippen LogP contribution in [0.4, 0.5) is 0 Å². The Labute approximate surface area is 240 Å². The minimum Gasteiger partial charge on any atom is -0.481 e. The fourth-order valence-electron chi connectivity index (χ4n) is 12.0. The average molecular weight is 555 g/mol. The van der Waals surface area contributed by atoms with E-state index in [4.69, 9.17) is 9.84 Å². The molecule has 0 spiro atoms. The summed E-state index contributed by atoms with van der Waals surface area (Å²) >= 11 is 0. The smallest absolute Gasteiger partial charge is 0.331 e. The van der Waals surface area contributed by atoms with E-state index >= 15 is 0 Å². The Morgan fingerprint density at radius 1 is 0.800 bits per heavy atom. The van der Waals surface area contributed by atoms with E-state index in [1.807, 2.05) is 0 Å². The van der Waals surface area contributed by atoms with Crippen molar-refractivity contribution in [3.63, 3.8) is 0 Å². The zero-order valence-electron chi connectivity index (χ0n) is 25.4. The molecular weight excluding hydrogens is 504 g/mol. The molecule has 5 fully saturated rings. The average Bonchev–Trinajstić information content (AvgIpc) is 3.26. The number of hydrogen-bond donors (Lipinski definition) is 2. The maximum Gasteiger partial charge on any atom is 0.331 e. The Kier molecular flexibility index (Phi) is 6.95. The first-order chi connectivity index (χ1) is 18.5. The van der Waals surface area contributed by atoms with Crippen molar-refractivity contribution in [1.82, 2.24) is 0 Å². The fraction of sp³-hybridized carbons (Fsp3) is 0.794. The maximum atomic E-state index is 12.9. The van der Waals surface area contributed by atoms with Crippen molar-refractivity contribution >= 4 is 17.9 Å². The molecule has 0 unspecified atom stereocenters. The summed E-state index contributed by atoms with van der Waals surface area (Å²) in [6.45, 7) is 18.5. The van der Waals surface area contributed by atoms with Crippen LogP contribution in [0.3, 0.4) is 0 Å². The second kappa shape index (κ2) is 9.46. The van der Waals surface area contributed by atoms with Gasteiger partial charge in [0.2, 0.25) is 0 Å². The Morgan fingerprint density at radius 3 is 2.12 bits per heavy atom. The highest BCUT2D eigenvalue weighted by molar-refractivity contribution is 5.90. The van der Waals surface area contributed by atoms with Gasteiger partial charge in [-0.15, -0.1) is 0 Å². The number of aliphatic carboxylic acids is 2. The molecule has 0 aliphatic heterocycles. The minimum atomic E-state index is -1.15. The summed E-state index contributed by atoms with van der Waals surface area (Å²) in [6, 6.07) is 0. The molecule has 5 saturated carbocycles. The van der Waals surface area contributed by atoms with E-state index in [0.29, 0.717) is 23.7 Å². The first-order valence-corrected chi connectivity index (χ1v) is 15.5. The van der Waals surface area contributed by atoms with E-state index in [1.165, 1.54) is 0 Å². The molecular formula is C34H50O6. The lowest BCUT2D eigenvalue weighted by Crippen LogP contribution is -2.67. The summed E-state index contributed by atoms with van der Waals surface area (Å²) < 4.78 is 5.88. The number of carboxylic acid groups (broad SMARTS) is 2. The number of carboxylic acids is 2. The first-order valence-electron chi connectivity index (χ1n) is 15.5. The van der Waals surface area contributed by atoms with Crippen LogP contribution >= 0.6 is 0 Å². The molecule has 6 heteroatoms. The molecule has 222 valence electrons. The van der Waals surface area contributed by atoms with Gasteiger partial charge in [-0.05, 0) is 117 Å². The molecule has 0 amide bonds. The predicted molar refractivity (Wildman–Crippen MR) is 153 cm³/mol. The number of esters is 1. The largest absolute Gasteiger partial charge is 0.481 e. The van der Waals surface area contributed by atoms with E-state index in [1.54, 1.807) is 0 Å². The maximum absolute atomic E-state index is 12.9. The van der Waals surface area contributed by atoms with Gasteiger partial charge < -0.3 is 14.9 Å². The lowest BCUT2D eigenvalue weighted by atomic mass is 9.32. The molecule has 0 aromatic heterocycles. The molecule has 2 N–H and O–H groups in total. The van der Waals surface area contributed by atoms with Crippen LogP contribution in [-0.2, 0) is 19.1 Å². The van der Waals surface area contributed by atoms with Crippen molar-refractivity contribution in [3.05, 3.63) is 24.3 Å². The van der Waals surface area contributed by atoms with Crippen LogP contribution in [0.5, 0.6) is 0 Å². The van der Waals surface area contributed by atoms with E-state index < -0.39 is 23.3 Å². The van der Waals surface area contributed by atoms with Gasteiger partial charge in [0.05, 0.1) is 5.41 Å². The van der Waals surface area contributed by atoms with Crippen LogP contribution in [0.1, 0.15) is 106 Å². The lowest BCUT2D eigenvalue weighted by Gasteiger charge is -2.72. The van der Waals surface area contributed by atoms with Crippen LogP contribution in [0.15, 0.2) is 24.3 Å². The van der Waals surface area contributed by atoms with Crippen molar-refractivity contribution < 1.29 is 29.3 Å². The van der Waals surface area contributed by atoms with Crippen LogP contribution < -0.4 is 0 Å². The molecule has 40 heavy (non-hydrogen) atoms. The topological polar surface area (TPSA) is 101 Å². The summed E-state index contributed by atoms with van der Waals surface area (Å²) in [4.78, 5) is 36.2. The first kappa shape index (κ1) is 29.4. The Morgan fingerprint density at radius 2 is 1.50 bits per heavy atom. The van der Waals surface area contributed by atoms with Crippen molar-refractivity contribution in [1.29, 1.82) is 0 Å². The van der Waals surface area contributed by atoms with E-state index in [0.717, 1.165) is 81.9 Å². The zero-order chi connectivity index (χ0) is 29.5. The molecule has 5 aliphatic rings. The van der Waals surface area contributed by atoms with Gasteiger partial charge in [-0.1, -0.05) is 46.8 Å². The quantitative estimate of drug-likeness (QED) is 0.210. The fourth-order valence-corrected chi connectivity index (χ4v) is 12.0. The Balaban J connectivity index is 1.45. The highest BCUT2D eigenvalue weighted by Gasteiger charge is 2.72. The Bertz CT molecular complexity index is 1140. The third kappa shape index (κ3) is 3.90. The van der Waals surface area contributed by atoms with Gasteiger partial charge >= 0.3 is 17.9 Å². The highest BCUT2D eigenvalue weighted by Crippen LogP contribution is 2.77. The van der Waals surface area contributed by atoms with Gasteiger partial charge in [-0.25, -0.2) is 9.59 Å². The summed E-state index contributed by atoms with van der Waals surface area (Å²) in [5, 5.41) is 19.5. The monoisotopic (exact) mass is 554 g/mol. The normalized spacial score (nSPS) is 47.4. The standard InChI is InChI=1S/C34H50O6/c1-20(2)21-12-17-34(29(38)39)19-18-32(6)22(28(21)34)8-9-24-31(5)15-14-25(40-27(37)11-10-26(35)36)30(3,4)23(31)13-16-33(24,32)7/h10-11,21-25,28H,1,8-9,12-19H2,2-7H3,(H,35,36)(H,38,39)/b11-10-/t21-,22+,23-,24+,25-,28+,31-,32+,33+,34-/m0/s1. The van der Waals surface area contributed by atoms with Gasteiger partial charge in [-0.3, -0.25) is 4.79 Å². The van der Waals surface area contributed by atoms with Crippen LogP contribution in [0.25, 0.3) is 0 Å². The minimum absolute atomic E-state index is 0.0840.